The van der Waals surface area contributed by atoms with Crippen LogP contribution in [0.5, 0.6) is 0 Å². The van der Waals surface area contributed by atoms with Crippen molar-refractivity contribution in [3.63, 3.8) is 0 Å². The number of alkyl halides is 6. The highest BCUT2D eigenvalue weighted by Crippen LogP contribution is 2.28. The first-order valence-corrected chi connectivity index (χ1v) is 4.47. The van der Waals surface area contributed by atoms with E-state index in [1.807, 2.05) is 0 Å². The SMILES string of the molecule is ClC(Cl)Cl.OC(O)C(Cl)(Cl)Cl. The van der Waals surface area contributed by atoms with Crippen molar-refractivity contribution in [1.29, 1.82) is 0 Å². The molecule has 0 aromatic carbocycles. The lowest BCUT2D eigenvalue weighted by molar-refractivity contribution is -0.0355. The smallest absolute Gasteiger partial charge is 0.240 e. The highest BCUT2D eigenvalue weighted by Gasteiger charge is 2.28. The van der Waals surface area contributed by atoms with E-state index in [9.17, 15) is 0 Å². The average molecular weight is 285 g/mol. The van der Waals surface area contributed by atoms with Crippen LogP contribution in [0.25, 0.3) is 0 Å². The maximum absolute atomic E-state index is 8.05. The van der Waals surface area contributed by atoms with E-state index in [1.165, 1.54) is 0 Å². The molecule has 0 rings (SSSR count). The minimum Gasteiger partial charge on any atom is -0.365 e. The summed E-state index contributed by atoms with van der Waals surface area (Å²) in [6, 6.07) is 0. The van der Waals surface area contributed by atoms with Crippen molar-refractivity contribution < 1.29 is 10.2 Å². The Hall–Kier alpha value is 1.66. The minimum absolute atomic E-state index is 0.750. The van der Waals surface area contributed by atoms with Crippen molar-refractivity contribution in [3.05, 3.63) is 0 Å². The molecular formula is C3H4Cl6O2. The van der Waals surface area contributed by atoms with Gasteiger partial charge < -0.3 is 10.2 Å². The summed E-state index contributed by atoms with van der Waals surface area (Å²) in [4.78, 5) is 0. The molecular weight excluding hydrogens is 281 g/mol. The minimum atomic E-state index is -1.97. The molecule has 0 radical (unpaired) electrons. The predicted molar refractivity (Wildman–Crippen MR) is 49.9 cm³/mol. The average Bonchev–Trinajstić information content (AvgIpc) is 1.59. The van der Waals surface area contributed by atoms with Gasteiger partial charge in [0.2, 0.25) is 3.79 Å². The number of halogens is 6. The molecule has 11 heavy (non-hydrogen) atoms. The Morgan fingerprint density at radius 2 is 1.00 bits per heavy atom. The summed E-state index contributed by atoms with van der Waals surface area (Å²) in [7, 11) is 0. The molecule has 0 heterocycles. The summed E-state index contributed by atoms with van der Waals surface area (Å²) in [5, 5.41) is 16.1. The molecule has 0 amide bonds. The van der Waals surface area contributed by atoms with Gasteiger partial charge in [0.15, 0.2) is 10.6 Å². The lowest BCUT2D eigenvalue weighted by Gasteiger charge is -2.10. The Morgan fingerprint density at radius 3 is 1.00 bits per heavy atom. The molecule has 0 saturated carbocycles. The van der Waals surface area contributed by atoms with Gasteiger partial charge in [-0.1, -0.05) is 69.6 Å². The zero-order chi connectivity index (χ0) is 9.65. The summed E-state index contributed by atoms with van der Waals surface area (Å²) >= 11 is 29.1. The van der Waals surface area contributed by atoms with Crippen LogP contribution in [0.3, 0.4) is 0 Å². The predicted octanol–water partition coefficient (Wildman–Crippen LogP) is 2.65. The Morgan fingerprint density at radius 1 is 0.909 bits per heavy atom. The van der Waals surface area contributed by atoms with Crippen LogP contribution in [-0.4, -0.2) is 24.6 Å². The zero-order valence-electron chi connectivity index (χ0n) is 4.82. The molecule has 0 aliphatic rings. The maximum Gasteiger partial charge on any atom is 0.240 e. The fourth-order valence-electron chi connectivity index (χ4n) is 0. The van der Waals surface area contributed by atoms with Crippen molar-refractivity contribution in [2.45, 2.75) is 14.4 Å². The van der Waals surface area contributed by atoms with Crippen molar-refractivity contribution >= 4 is 69.6 Å². The number of aliphatic hydroxyl groups is 2. The Bertz CT molecular complexity index is 85.6. The molecule has 0 aromatic heterocycles. The lowest BCUT2D eigenvalue weighted by Crippen LogP contribution is -2.23. The van der Waals surface area contributed by atoms with Crippen molar-refractivity contribution in [1.82, 2.24) is 0 Å². The summed E-state index contributed by atoms with van der Waals surface area (Å²) in [6.45, 7) is 0. The molecule has 0 aliphatic heterocycles. The largest absolute Gasteiger partial charge is 0.365 e. The number of aliphatic hydroxyl groups excluding tert-OH is 1. The van der Waals surface area contributed by atoms with Crippen LogP contribution in [0.4, 0.5) is 0 Å². The first-order valence-electron chi connectivity index (χ1n) is 2.03. The molecule has 0 unspecified atom stereocenters. The standard InChI is InChI=1S/C2H3Cl3O2.CHCl3/c3-2(4,5)1(6)7;2-1(3)4/h1,6-7H;1H. The van der Waals surface area contributed by atoms with Crippen LogP contribution in [0.2, 0.25) is 0 Å². The van der Waals surface area contributed by atoms with E-state index in [2.05, 4.69) is 0 Å². The Balaban J connectivity index is 0. The van der Waals surface area contributed by atoms with Gasteiger partial charge in [-0.05, 0) is 0 Å². The normalized spacial score (nSPS) is 11.5. The molecule has 0 saturated heterocycles. The molecule has 0 spiro atoms. The van der Waals surface area contributed by atoms with Crippen LogP contribution in [0, 0.1) is 0 Å². The van der Waals surface area contributed by atoms with E-state index in [0.717, 1.165) is 0 Å². The van der Waals surface area contributed by atoms with E-state index in [4.69, 9.17) is 79.8 Å². The third kappa shape index (κ3) is 18.5. The van der Waals surface area contributed by atoms with Crippen molar-refractivity contribution in [2.24, 2.45) is 0 Å². The van der Waals surface area contributed by atoms with Gasteiger partial charge in [0.05, 0.1) is 0 Å². The Kier molecular flexibility index (Phi) is 9.78. The maximum atomic E-state index is 8.05. The fraction of sp³-hybridized carbons (Fsp3) is 1.00. The molecule has 0 atom stereocenters. The molecule has 0 fully saturated rings. The van der Waals surface area contributed by atoms with Gasteiger partial charge >= 0.3 is 0 Å². The number of hydrogen-bond acceptors (Lipinski definition) is 2. The van der Waals surface area contributed by atoms with Gasteiger partial charge in [-0.25, -0.2) is 0 Å². The number of hydrogen-bond donors (Lipinski definition) is 2. The van der Waals surface area contributed by atoms with E-state index in [0.29, 0.717) is 0 Å². The lowest BCUT2D eigenvalue weighted by atomic mass is 10.8. The van der Waals surface area contributed by atoms with E-state index >= 15 is 0 Å². The van der Waals surface area contributed by atoms with Gasteiger partial charge in [0.1, 0.15) is 0 Å². The van der Waals surface area contributed by atoms with Gasteiger partial charge in [-0.3, -0.25) is 0 Å². The third-order valence-corrected chi connectivity index (χ3v) is 0.878. The molecule has 0 aliphatic carbocycles. The van der Waals surface area contributed by atoms with E-state index < -0.39 is 14.4 Å². The monoisotopic (exact) mass is 282 g/mol. The van der Waals surface area contributed by atoms with Crippen LogP contribution >= 0.6 is 69.6 Å². The summed E-state index contributed by atoms with van der Waals surface area (Å²) in [5.41, 5.74) is 0. The van der Waals surface area contributed by atoms with Crippen LogP contribution in [-0.2, 0) is 0 Å². The first kappa shape index (κ1) is 15.1. The van der Waals surface area contributed by atoms with Crippen molar-refractivity contribution in [3.8, 4) is 0 Å². The summed E-state index contributed by atoms with van der Waals surface area (Å²) in [5.74, 6) is 0. The second kappa shape index (κ2) is 7.10. The van der Waals surface area contributed by atoms with Gasteiger partial charge in [0, 0.05) is 0 Å². The molecule has 2 N–H and O–H groups in total. The fourth-order valence-corrected chi connectivity index (χ4v) is 0. The second-order valence-electron chi connectivity index (χ2n) is 1.16. The van der Waals surface area contributed by atoms with Gasteiger partial charge in [0.25, 0.3) is 0 Å². The van der Waals surface area contributed by atoms with Crippen LogP contribution in [0.15, 0.2) is 0 Å². The summed E-state index contributed by atoms with van der Waals surface area (Å²) in [6.07, 6.45) is -1.91. The first-order chi connectivity index (χ1) is 4.68. The van der Waals surface area contributed by atoms with E-state index in [-0.39, 0.29) is 0 Å². The van der Waals surface area contributed by atoms with Crippen LogP contribution in [0.1, 0.15) is 0 Å². The van der Waals surface area contributed by atoms with Crippen LogP contribution < -0.4 is 0 Å². The molecule has 8 heteroatoms. The van der Waals surface area contributed by atoms with E-state index in [1.54, 1.807) is 0 Å². The topological polar surface area (TPSA) is 40.5 Å². The van der Waals surface area contributed by atoms with Crippen molar-refractivity contribution in [2.75, 3.05) is 0 Å². The molecule has 0 aromatic rings. The molecule has 2 nitrogen and oxygen atoms in total. The highest BCUT2D eigenvalue weighted by atomic mass is 35.6. The quantitative estimate of drug-likeness (QED) is 0.530. The molecule has 0 bridgehead atoms. The second-order valence-corrected chi connectivity index (χ2v) is 5.51. The summed E-state index contributed by atoms with van der Waals surface area (Å²) < 4.78 is -2.72. The number of rotatable bonds is 0. The van der Waals surface area contributed by atoms with Gasteiger partial charge in [-0.15, -0.1) is 0 Å². The Labute approximate surface area is 93.9 Å². The third-order valence-electron chi connectivity index (χ3n) is 0.293. The highest BCUT2D eigenvalue weighted by molar-refractivity contribution is 6.67. The zero-order valence-corrected chi connectivity index (χ0v) is 9.35. The van der Waals surface area contributed by atoms with Gasteiger partial charge in [-0.2, -0.15) is 0 Å². The molecule has 70 valence electrons.